The lowest BCUT2D eigenvalue weighted by Crippen LogP contribution is -2.24. The number of carboxylic acids is 1. The van der Waals surface area contributed by atoms with Gasteiger partial charge in [-0.25, -0.2) is 4.79 Å². The molecule has 2 atom stereocenters. The summed E-state index contributed by atoms with van der Waals surface area (Å²) in [5, 5.41) is 11.6. The Morgan fingerprint density at radius 3 is 2.62 bits per heavy atom. The lowest BCUT2D eigenvalue weighted by molar-refractivity contribution is -0.274. The molecule has 2 unspecified atom stereocenters. The van der Waals surface area contributed by atoms with Crippen LogP contribution >= 0.6 is 11.3 Å². The molecule has 0 bridgehead atoms. The third-order valence-electron chi connectivity index (χ3n) is 3.98. The van der Waals surface area contributed by atoms with Gasteiger partial charge in [-0.15, -0.1) is 24.5 Å². The number of halogens is 3. The highest BCUT2D eigenvalue weighted by Gasteiger charge is 2.46. The molecule has 1 saturated carbocycles. The van der Waals surface area contributed by atoms with Crippen LogP contribution in [0.1, 0.15) is 32.5 Å². The summed E-state index contributed by atoms with van der Waals surface area (Å²) in [5.41, 5.74) is 0.356. The summed E-state index contributed by atoms with van der Waals surface area (Å²) in [4.78, 5) is 23.9. The molecule has 2 N–H and O–H groups in total. The van der Waals surface area contributed by atoms with Gasteiger partial charge in [0.15, 0.2) is 0 Å². The van der Waals surface area contributed by atoms with Crippen LogP contribution in [0, 0.1) is 5.92 Å². The second kappa shape index (κ2) is 6.99. The fraction of sp³-hybridized carbons (Fsp3) is 0.294. The Morgan fingerprint density at radius 1 is 1.23 bits per heavy atom. The molecule has 1 aliphatic carbocycles. The number of carbonyl (C=O) groups is 2. The fourth-order valence-electron chi connectivity index (χ4n) is 2.73. The molecule has 2 aromatic rings. The van der Waals surface area contributed by atoms with Crippen molar-refractivity contribution in [3.63, 3.8) is 0 Å². The van der Waals surface area contributed by atoms with Crippen LogP contribution in [0.2, 0.25) is 0 Å². The molecule has 1 aromatic carbocycles. The Bertz CT molecular complexity index is 833. The summed E-state index contributed by atoms with van der Waals surface area (Å²) in [6.07, 6.45) is -4.35. The van der Waals surface area contributed by atoms with E-state index in [1.165, 1.54) is 24.3 Å². The van der Waals surface area contributed by atoms with E-state index in [1.807, 2.05) is 0 Å². The highest BCUT2D eigenvalue weighted by Crippen LogP contribution is 2.51. The number of carboxylic acid groups (broad SMARTS) is 1. The van der Waals surface area contributed by atoms with Crippen LogP contribution in [0.4, 0.5) is 13.2 Å². The number of amides is 1. The molecule has 138 valence electrons. The predicted molar refractivity (Wildman–Crippen MR) is 87.1 cm³/mol. The van der Waals surface area contributed by atoms with Gasteiger partial charge in [-0.2, -0.15) is 0 Å². The second-order valence-corrected chi connectivity index (χ2v) is 6.99. The van der Waals surface area contributed by atoms with Gasteiger partial charge in [0.05, 0.1) is 6.54 Å². The molecular formula is C17H14F3NO4S. The number of carbonyl (C=O) groups excluding carboxylic acids is 1. The van der Waals surface area contributed by atoms with Crippen LogP contribution in [0.3, 0.4) is 0 Å². The zero-order chi connectivity index (χ0) is 18.9. The summed E-state index contributed by atoms with van der Waals surface area (Å²) >= 11 is 1.06. The lowest BCUT2D eigenvalue weighted by atomic mass is 10.1. The van der Waals surface area contributed by atoms with Crippen LogP contribution in [0.15, 0.2) is 36.4 Å². The van der Waals surface area contributed by atoms with Crippen molar-refractivity contribution in [3.8, 4) is 5.75 Å². The first-order valence-electron chi connectivity index (χ1n) is 7.69. The average Bonchev–Trinajstić information content (AvgIpc) is 3.20. The van der Waals surface area contributed by atoms with Gasteiger partial charge in [0.25, 0.3) is 0 Å². The summed E-state index contributed by atoms with van der Waals surface area (Å²) < 4.78 is 41.5. The van der Waals surface area contributed by atoms with Crippen molar-refractivity contribution in [1.29, 1.82) is 0 Å². The zero-order valence-corrected chi connectivity index (χ0v) is 14.1. The topological polar surface area (TPSA) is 75.6 Å². The van der Waals surface area contributed by atoms with Crippen molar-refractivity contribution >= 4 is 23.2 Å². The quantitative estimate of drug-likeness (QED) is 0.794. The Balaban J connectivity index is 1.60. The Labute approximate surface area is 150 Å². The van der Waals surface area contributed by atoms with Crippen LogP contribution in [0.5, 0.6) is 5.75 Å². The second-order valence-electron chi connectivity index (χ2n) is 5.82. The smallest absolute Gasteiger partial charge is 0.477 e. The normalized spacial score (nSPS) is 19.0. The van der Waals surface area contributed by atoms with E-state index in [9.17, 15) is 22.8 Å². The highest BCUT2D eigenvalue weighted by molar-refractivity contribution is 7.13. The largest absolute Gasteiger partial charge is 0.573 e. The van der Waals surface area contributed by atoms with Gasteiger partial charge in [0.1, 0.15) is 10.6 Å². The van der Waals surface area contributed by atoms with E-state index in [1.54, 1.807) is 12.1 Å². The van der Waals surface area contributed by atoms with Crippen LogP contribution in [-0.2, 0) is 11.3 Å². The van der Waals surface area contributed by atoms with Crippen molar-refractivity contribution in [2.24, 2.45) is 5.92 Å². The van der Waals surface area contributed by atoms with Crippen LogP contribution in [0.25, 0.3) is 0 Å². The molecule has 3 rings (SSSR count). The number of benzene rings is 1. The summed E-state index contributed by atoms with van der Waals surface area (Å²) in [6.45, 7) is 0.181. The molecule has 0 saturated heterocycles. The number of hydrogen-bond acceptors (Lipinski definition) is 4. The van der Waals surface area contributed by atoms with Crippen molar-refractivity contribution in [2.75, 3.05) is 0 Å². The van der Waals surface area contributed by atoms with Crippen molar-refractivity contribution in [3.05, 3.63) is 51.7 Å². The maximum absolute atomic E-state index is 12.5. The van der Waals surface area contributed by atoms with E-state index >= 15 is 0 Å². The van der Waals surface area contributed by atoms with E-state index in [4.69, 9.17) is 5.11 Å². The standard InChI is InChI=1S/C17H14F3NO4S/c18-17(19,20)25-13-4-2-1-3-10(13)11-7-12(11)15(22)21-8-9-5-6-14(26-9)16(23)24/h1-6,11-12H,7-8H2,(H,21,22)(H,23,24). The van der Waals surface area contributed by atoms with Gasteiger partial charge < -0.3 is 15.2 Å². The van der Waals surface area contributed by atoms with Crippen molar-refractivity contribution in [1.82, 2.24) is 5.32 Å². The first kappa shape index (κ1) is 18.2. The molecule has 1 heterocycles. The molecule has 1 aliphatic rings. The number of rotatable bonds is 6. The molecule has 9 heteroatoms. The summed E-state index contributed by atoms with van der Waals surface area (Å²) in [6, 6.07) is 8.88. The van der Waals surface area contributed by atoms with Gasteiger partial charge in [-0.1, -0.05) is 18.2 Å². The molecular weight excluding hydrogens is 371 g/mol. The number of alkyl halides is 3. The van der Waals surface area contributed by atoms with E-state index in [-0.39, 0.29) is 29.0 Å². The molecule has 1 aromatic heterocycles. The van der Waals surface area contributed by atoms with E-state index in [0.29, 0.717) is 16.9 Å². The molecule has 1 amide bonds. The average molecular weight is 385 g/mol. The van der Waals surface area contributed by atoms with Crippen LogP contribution < -0.4 is 10.1 Å². The number of para-hydroxylation sites is 1. The number of hydrogen-bond donors (Lipinski definition) is 2. The van der Waals surface area contributed by atoms with E-state index in [2.05, 4.69) is 10.1 Å². The van der Waals surface area contributed by atoms with Gasteiger partial charge in [0.2, 0.25) is 5.91 Å². The maximum atomic E-state index is 12.5. The van der Waals surface area contributed by atoms with Crippen molar-refractivity contribution < 1.29 is 32.6 Å². The molecule has 1 fully saturated rings. The van der Waals surface area contributed by atoms with E-state index < -0.39 is 18.2 Å². The summed E-state index contributed by atoms with van der Waals surface area (Å²) in [7, 11) is 0. The minimum Gasteiger partial charge on any atom is -0.477 e. The third-order valence-corrected chi connectivity index (χ3v) is 5.05. The Morgan fingerprint density at radius 2 is 1.96 bits per heavy atom. The van der Waals surface area contributed by atoms with E-state index in [0.717, 1.165) is 11.3 Å². The number of nitrogens with one attached hydrogen (secondary N) is 1. The Hall–Kier alpha value is -2.55. The molecule has 26 heavy (non-hydrogen) atoms. The number of ether oxygens (including phenoxy) is 1. The zero-order valence-electron chi connectivity index (χ0n) is 13.2. The first-order valence-corrected chi connectivity index (χ1v) is 8.50. The predicted octanol–water partition coefficient (Wildman–Crippen LogP) is 3.76. The summed E-state index contributed by atoms with van der Waals surface area (Å²) in [5.74, 6) is -2.35. The van der Waals surface area contributed by atoms with Gasteiger partial charge in [-0.05, 0) is 36.1 Å². The first-order chi connectivity index (χ1) is 12.2. The molecule has 0 aliphatic heterocycles. The van der Waals surface area contributed by atoms with Gasteiger partial charge >= 0.3 is 12.3 Å². The highest BCUT2D eigenvalue weighted by atomic mass is 32.1. The monoisotopic (exact) mass is 385 g/mol. The lowest BCUT2D eigenvalue weighted by Gasteiger charge is -2.13. The SMILES string of the molecule is O=C(O)c1ccc(CNC(=O)C2CC2c2ccccc2OC(F)(F)F)s1. The van der Waals surface area contributed by atoms with Gasteiger partial charge in [-0.3, -0.25) is 4.79 Å². The minimum absolute atomic E-state index is 0.178. The maximum Gasteiger partial charge on any atom is 0.573 e. The minimum atomic E-state index is -4.79. The van der Waals surface area contributed by atoms with Crippen LogP contribution in [-0.4, -0.2) is 23.3 Å². The molecule has 0 radical (unpaired) electrons. The number of thiophene rings is 1. The number of aromatic carboxylic acids is 1. The third kappa shape index (κ3) is 4.34. The Kier molecular flexibility index (Phi) is 4.90. The van der Waals surface area contributed by atoms with Crippen molar-refractivity contribution in [2.45, 2.75) is 25.2 Å². The van der Waals surface area contributed by atoms with Gasteiger partial charge in [0, 0.05) is 10.8 Å². The molecule has 5 nitrogen and oxygen atoms in total. The fourth-order valence-corrected chi connectivity index (χ4v) is 3.51. The molecule has 0 spiro atoms.